The van der Waals surface area contributed by atoms with Crippen molar-refractivity contribution >= 4 is 51.5 Å². The maximum Gasteiger partial charge on any atom is 0.258 e. The van der Waals surface area contributed by atoms with Crippen LogP contribution >= 0.6 is 35.2 Å². The number of nitrogens with one attached hydrogen (secondary N) is 1. The first kappa shape index (κ1) is 21.6. The summed E-state index contributed by atoms with van der Waals surface area (Å²) in [5.41, 5.74) is 3.57. The van der Waals surface area contributed by atoms with Gasteiger partial charge in [0.25, 0.3) is 5.89 Å². The van der Waals surface area contributed by atoms with Crippen LogP contribution in [0.15, 0.2) is 76.3 Å². The maximum atomic E-state index is 6.14. The Labute approximate surface area is 205 Å². The molecular weight excluding hydrogens is 476 g/mol. The van der Waals surface area contributed by atoms with Crippen LogP contribution < -0.4 is 15.0 Å². The van der Waals surface area contributed by atoms with Gasteiger partial charge in [-0.15, -0.1) is 11.3 Å². The lowest BCUT2D eigenvalue weighted by Crippen LogP contribution is -2.46. The number of rotatable bonds is 5. The first-order chi connectivity index (χ1) is 16.0. The normalized spacial score (nSPS) is 16.2. The van der Waals surface area contributed by atoms with Crippen LogP contribution in [-0.4, -0.2) is 22.4 Å². The molecule has 1 N–H and O–H groups in total. The van der Waals surface area contributed by atoms with E-state index in [-0.39, 0.29) is 6.04 Å². The molecule has 5 rings (SSSR count). The number of aromatic nitrogens is 2. The lowest BCUT2D eigenvalue weighted by atomic mass is 9.94. The summed E-state index contributed by atoms with van der Waals surface area (Å²) in [4.78, 5) is 7.61. The molecule has 1 aliphatic rings. The third-order valence-electron chi connectivity index (χ3n) is 5.40. The van der Waals surface area contributed by atoms with Crippen LogP contribution in [-0.2, 0) is 0 Å². The van der Waals surface area contributed by atoms with Crippen molar-refractivity contribution in [2.45, 2.75) is 13.0 Å². The average molecular weight is 495 g/mol. The van der Waals surface area contributed by atoms with Gasteiger partial charge in [-0.1, -0.05) is 41.0 Å². The van der Waals surface area contributed by atoms with E-state index in [0.717, 1.165) is 33.1 Å². The van der Waals surface area contributed by atoms with Crippen molar-refractivity contribution in [2.75, 3.05) is 12.0 Å². The highest BCUT2D eigenvalue weighted by atomic mass is 35.5. The number of hydrogen-bond acceptors (Lipinski definition) is 6. The van der Waals surface area contributed by atoms with Crippen molar-refractivity contribution in [3.63, 3.8) is 0 Å². The molecule has 0 fully saturated rings. The van der Waals surface area contributed by atoms with Crippen LogP contribution in [0.5, 0.6) is 5.75 Å². The maximum absolute atomic E-state index is 6.14. The lowest BCUT2D eigenvalue weighted by Gasteiger charge is -2.37. The second kappa shape index (κ2) is 8.97. The standard InChI is InChI=1S/C24H19ClN4O2S2/c1-14-20(23-27-22(28-31-23)19-7-4-12-33-19)21(15-8-10-16(25)11-9-15)26-24(32)29(14)17-5-3-6-18(13-17)30-2/h3-13,21H,1-2H3,(H,26,32). The fourth-order valence-corrected chi connectivity index (χ4v) is 4.96. The molecule has 3 heterocycles. The first-order valence-corrected chi connectivity index (χ1v) is 11.8. The highest BCUT2D eigenvalue weighted by molar-refractivity contribution is 7.80. The van der Waals surface area contributed by atoms with E-state index in [9.17, 15) is 0 Å². The Morgan fingerprint density at radius 3 is 2.70 bits per heavy atom. The van der Waals surface area contributed by atoms with Crippen LogP contribution in [0.25, 0.3) is 16.3 Å². The van der Waals surface area contributed by atoms with Gasteiger partial charge in [0.2, 0.25) is 5.82 Å². The van der Waals surface area contributed by atoms with E-state index in [1.54, 1.807) is 18.4 Å². The minimum atomic E-state index is -0.284. The van der Waals surface area contributed by atoms with E-state index >= 15 is 0 Å². The van der Waals surface area contributed by atoms with Crippen molar-refractivity contribution < 1.29 is 9.26 Å². The molecule has 0 spiro atoms. The van der Waals surface area contributed by atoms with Crippen molar-refractivity contribution in [3.8, 4) is 16.5 Å². The molecule has 2 aromatic carbocycles. The van der Waals surface area contributed by atoms with Gasteiger partial charge in [0, 0.05) is 16.8 Å². The van der Waals surface area contributed by atoms with Crippen LogP contribution in [0.4, 0.5) is 5.69 Å². The highest BCUT2D eigenvalue weighted by Crippen LogP contribution is 2.40. The van der Waals surface area contributed by atoms with E-state index in [1.165, 1.54) is 0 Å². The summed E-state index contributed by atoms with van der Waals surface area (Å²) < 4.78 is 11.2. The Bertz CT molecular complexity index is 1330. The van der Waals surface area contributed by atoms with Crippen molar-refractivity contribution in [1.82, 2.24) is 15.5 Å². The zero-order chi connectivity index (χ0) is 22.9. The second-order valence-electron chi connectivity index (χ2n) is 7.37. The third kappa shape index (κ3) is 4.13. The van der Waals surface area contributed by atoms with Gasteiger partial charge in [-0.2, -0.15) is 4.98 Å². The summed E-state index contributed by atoms with van der Waals surface area (Å²) in [7, 11) is 1.64. The Hall–Kier alpha value is -3.20. The topological polar surface area (TPSA) is 63.4 Å². The summed E-state index contributed by atoms with van der Waals surface area (Å²) in [6.07, 6.45) is 0. The van der Waals surface area contributed by atoms with Gasteiger partial charge in [-0.25, -0.2) is 0 Å². The van der Waals surface area contributed by atoms with Crippen molar-refractivity contribution in [3.05, 3.63) is 88.2 Å². The molecule has 6 nitrogen and oxygen atoms in total. The van der Waals surface area contributed by atoms with Crippen LogP contribution in [0, 0.1) is 0 Å². The molecule has 0 saturated carbocycles. The van der Waals surface area contributed by atoms with Gasteiger partial charge in [-0.3, -0.25) is 4.90 Å². The van der Waals surface area contributed by atoms with Gasteiger partial charge in [0.15, 0.2) is 5.11 Å². The third-order valence-corrected chi connectivity index (χ3v) is 6.82. The number of thiocarbonyl (C=S) groups is 1. The molecule has 0 saturated heterocycles. The summed E-state index contributed by atoms with van der Waals surface area (Å²) in [6.45, 7) is 2.00. The Morgan fingerprint density at radius 1 is 1.15 bits per heavy atom. The fourth-order valence-electron chi connectivity index (χ4n) is 3.82. The lowest BCUT2D eigenvalue weighted by molar-refractivity contribution is 0.404. The van der Waals surface area contributed by atoms with Gasteiger partial charge in [-0.05, 0) is 60.4 Å². The number of ether oxygens (including phenoxy) is 1. The van der Waals surface area contributed by atoms with E-state index in [1.807, 2.05) is 77.9 Å². The van der Waals surface area contributed by atoms with Crippen LogP contribution in [0.1, 0.15) is 24.4 Å². The van der Waals surface area contributed by atoms with Crippen molar-refractivity contribution in [1.29, 1.82) is 0 Å². The number of halogens is 1. The molecule has 1 unspecified atom stereocenters. The molecule has 1 atom stereocenters. The Balaban J connectivity index is 1.66. The number of benzene rings is 2. The number of anilines is 1. The zero-order valence-electron chi connectivity index (χ0n) is 17.8. The SMILES string of the molecule is COc1cccc(N2C(=S)NC(c3ccc(Cl)cc3)C(c3nc(-c4cccs4)no3)=C2C)c1. The predicted molar refractivity (Wildman–Crippen MR) is 136 cm³/mol. The van der Waals surface area contributed by atoms with Gasteiger partial charge in [0.05, 0.1) is 29.3 Å². The summed E-state index contributed by atoms with van der Waals surface area (Å²) in [6, 6.07) is 19.0. The molecule has 33 heavy (non-hydrogen) atoms. The monoisotopic (exact) mass is 494 g/mol. The molecule has 4 aromatic rings. The van der Waals surface area contributed by atoms with E-state index < -0.39 is 0 Å². The fraction of sp³-hybridized carbons (Fsp3) is 0.125. The van der Waals surface area contributed by atoms with Crippen LogP contribution in [0.3, 0.4) is 0 Å². The van der Waals surface area contributed by atoms with E-state index in [4.69, 9.17) is 38.1 Å². The number of thiophene rings is 1. The number of hydrogen-bond donors (Lipinski definition) is 1. The molecule has 166 valence electrons. The number of nitrogens with zero attached hydrogens (tertiary/aromatic N) is 3. The minimum absolute atomic E-state index is 0.284. The first-order valence-electron chi connectivity index (χ1n) is 10.1. The quantitative estimate of drug-likeness (QED) is 0.325. The van der Waals surface area contributed by atoms with Crippen LogP contribution in [0.2, 0.25) is 5.02 Å². The summed E-state index contributed by atoms with van der Waals surface area (Å²) >= 11 is 13.5. The van der Waals surface area contributed by atoms with E-state index in [2.05, 4.69) is 10.5 Å². The highest BCUT2D eigenvalue weighted by Gasteiger charge is 2.35. The zero-order valence-corrected chi connectivity index (χ0v) is 20.2. The number of allylic oxidation sites excluding steroid dienone is 1. The Kier molecular flexibility index (Phi) is 5.88. The molecule has 0 aliphatic carbocycles. The molecule has 0 radical (unpaired) electrons. The Morgan fingerprint density at radius 2 is 1.97 bits per heavy atom. The largest absolute Gasteiger partial charge is 0.497 e. The molecule has 2 aromatic heterocycles. The van der Waals surface area contributed by atoms with Gasteiger partial charge < -0.3 is 14.6 Å². The molecule has 1 aliphatic heterocycles. The number of methoxy groups -OCH3 is 1. The van der Waals surface area contributed by atoms with E-state index in [0.29, 0.717) is 21.9 Å². The average Bonchev–Trinajstić information content (AvgIpc) is 3.52. The minimum Gasteiger partial charge on any atom is -0.497 e. The molecule has 0 bridgehead atoms. The van der Waals surface area contributed by atoms with Gasteiger partial charge >= 0.3 is 0 Å². The predicted octanol–water partition coefficient (Wildman–Crippen LogP) is 6.33. The van der Waals surface area contributed by atoms with Crippen molar-refractivity contribution in [2.24, 2.45) is 0 Å². The van der Waals surface area contributed by atoms with Gasteiger partial charge in [0.1, 0.15) is 5.75 Å². The smallest absolute Gasteiger partial charge is 0.258 e. The molecule has 9 heteroatoms. The molecule has 0 amide bonds. The summed E-state index contributed by atoms with van der Waals surface area (Å²) in [5.74, 6) is 1.72. The second-order valence-corrected chi connectivity index (χ2v) is 9.14. The molecular formula is C24H19ClN4O2S2. The summed E-state index contributed by atoms with van der Waals surface area (Å²) in [5, 5.41) is 10.9.